The Morgan fingerprint density at radius 3 is 2.15 bits per heavy atom. The number of aromatic carboxylic acids is 1. The first-order valence-electron chi connectivity index (χ1n) is 10.5. The standard InChI is InChI=1S/C25H20F2N2O5/c26-19-9-10-20(23(27)22(19)24(31)32)29-21(30)11-12-28-25(33)34-13-18-16-7-3-1-5-14(16)15-6-2-4-8-17(15)18/h1-10,18H,11-13H2,(H,28,33)(H,29,30)(H,31,32). The number of carboxylic acid groups (broad SMARTS) is 1. The molecule has 0 unspecified atom stereocenters. The number of fused-ring (bicyclic) bond motifs is 3. The Morgan fingerprint density at radius 1 is 0.912 bits per heavy atom. The molecule has 0 bridgehead atoms. The van der Waals surface area contributed by atoms with Crippen LogP contribution in [0.5, 0.6) is 0 Å². The predicted molar refractivity (Wildman–Crippen MR) is 120 cm³/mol. The number of rotatable bonds is 7. The number of halogens is 2. The van der Waals surface area contributed by atoms with Crippen LogP contribution in [0.25, 0.3) is 11.1 Å². The minimum Gasteiger partial charge on any atom is -0.477 e. The van der Waals surface area contributed by atoms with E-state index >= 15 is 0 Å². The Hall–Kier alpha value is -4.27. The van der Waals surface area contributed by atoms with Gasteiger partial charge in [-0.3, -0.25) is 4.79 Å². The number of carboxylic acids is 1. The summed E-state index contributed by atoms with van der Waals surface area (Å²) >= 11 is 0. The van der Waals surface area contributed by atoms with Gasteiger partial charge >= 0.3 is 12.1 Å². The maximum Gasteiger partial charge on any atom is 0.407 e. The van der Waals surface area contributed by atoms with Crippen molar-refractivity contribution in [1.82, 2.24) is 5.32 Å². The van der Waals surface area contributed by atoms with Gasteiger partial charge in [0.2, 0.25) is 5.91 Å². The van der Waals surface area contributed by atoms with E-state index in [0.717, 1.165) is 34.4 Å². The Morgan fingerprint density at radius 2 is 1.53 bits per heavy atom. The second-order valence-electron chi connectivity index (χ2n) is 7.64. The van der Waals surface area contributed by atoms with E-state index < -0.39 is 40.9 Å². The average molecular weight is 466 g/mol. The van der Waals surface area contributed by atoms with Crippen LogP contribution in [0.3, 0.4) is 0 Å². The summed E-state index contributed by atoms with van der Waals surface area (Å²) in [5.74, 6) is -5.22. The van der Waals surface area contributed by atoms with Gasteiger partial charge < -0.3 is 20.5 Å². The van der Waals surface area contributed by atoms with Crippen molar-refractivity contribution in [2.75, 3.05) is 18.5 Å². The summed E-state index contributed by atoms with van der Waals surface area (Å²) in [6.07, 6.45) is -0.945. The van der Waals surface area contributed by atoms with Crippen molar-refractivity contribution in [3.63, 3.8) is 0 Å². The first-order chi connectivity index (χ1) is 16.4. The molecule has 9 heteroatoms. The normalized spacial score (nSPS) is 11.9. The van der Waals surface area contributed by atoms with Gasteiger partial charge in [-0.1, -0.05) is 48.5 Å². The lowest BCUT2D eigenvalue weighted by Gasteiger charge is -2.14. The zero-order chi connectivity index (χ0) is 24.2. The molecule has 0 radical (unpaired) electrons. The molecule has 0 atom stereocenters. The Labute approximate surface area is 193 Å². The molecule has 7 nitrogen and oxygen atoms in total. The van der Waals surface area contributed by atoms with Crippen molar-refractivity contribution in [2.24, 2.45) is 0 Å². The minimum absolute atomic E-state index is 0.100. The summed E-state index contributed by atoms with van der Waals surface area (Å²) < 4.78 is 33.0. The molecule has 2 amide bonds. The first kappa shape index (κ1) is 22.9. The quantitative estimate of drug-likeness (QED) is 0.475. The fraction of sp³-hybridized carbons (Fsp3) is 0.160. The Balaban J connectivity index is 1.28. The average Bonchev–Trinajstić information content (AvgIpc) is 3.13. The van der Waals surface area contributed by atoms with E-state index in [1.165, 1.54) is 0 Å². The van der Waals surface area contributed by atoms with Crippen LogP contribution >= 0.6 is 0 Å². The van der Waals surface area contributed by atoms with Crippen LogP contribution < -0.4 is 10.6 Å². The van der Waals surface area contributed by atoms with Crippen molar-refractivity contribution in [3.8, 4) is 11.1 Å². The number of hydrogen-bond donors (Lipinski definition) is 3. The molecule has 0 saturated heterocycles. The summed E-state index contributed by atoms with van der Waals surface area (Å²) in [6, 6.07) is 17.5. The van der Waals surface area contributed by atoms with Gasteiger partial charge in [0, 0.05) is 18.9 Å². The van der Waals surface area contributed by atoms with Gasteiger partial charge in [-0.2, -0.15) is 0 Å². The molecule has 0 heterocycles. The van der Waals surface area contributed by atoms with Crippen molar-refractivity contribution in [1.29, 1.82) is 0 Å². The molecule has 0 saturated carbocycles. The van der Waals surface area contributed by atoms with Crippen molar-refractivity contribution < 1.29 is 33.0 Å². The number of ether oxygens (including phenoxy) is 1. The number of carbonyl (C=O) groups excluding carboxylic acids is 2. The molecule has 0 fully saturated rings. The molecule has 0 aromatic heterocycles. The molecular weight excluding hydrogens is 446 g/mol. The monoisotopic (exact) mass is 466 g/mol. The highest BCUT2D eigenvalue weighted by atomic mass is 19.1. The lowest BCUT2D eigenvalue weighted by molar-refractivity contribution is -0.116. The lowest BCUT2D eigenvalue weighted by atomic mass is 9.98. The SMILES string of the molecule is O=C(CCNC(=O)OCC1c2ccccc2-c2ccccc21)Nc1ccc(F)c(C(=O)O)c1F. The molecule has 4 rings (SSSR count). The molecule has 34 heavy (non-hydrogen) atoms. The fourth-order valence-corrected chi connectivity index (χ4v) is 3.99. The molecule has 3 aromatic rings. The summed E-state index contributed by atoms with van der Waals surface area (Å²) in [7, 11) is 0. The van der Waals surface area contributed by atoms with E-state index in [1.807, 2.05) is 48.5 Å². The van der Waals surface area contributed by atoms with Gasteiger partial charge in [0.1, 0.15) is 18.0 Å². The zero-order valence-electron chi connectivity index (χ0n) is 17.8. The number of nitrogens with one attached hydrogen (secondary N) is 2. The van der Waals surface area contributed by atoms with E-state index in [0.29, 0.717) is 0 Å². The summed E-state index contributed by atoms with van der Waals surface area (Å²) in [4.78, 5) is 35.2. The maximum atomic E-state index is 14.1. The van der Waals surface area contributed by atoms with Gasteiger partial charge in [-0.05, 0) is 34.4 Å². The third-order valence-electron chi connectivity index (χ3n) is 5.54. The largest absolute Gasteiger partial charge is 0.477 e. The second kappa shape index (κ2) is 9.70. The maximum absolute atomic E-state index is 14.1. The van der Waals surface area contributed by atoms with Crippen molar-refractivity contribution in [2.45, 2.75) is 12.3 Å². The van der Waals surface area contributed by atoms with Crippen LogP contribution in [0, 0.1) is 11.6 Å². The highest BCUT2D eigenvalue weighted by Crippen LogP contribution is 2.44. The molecule has 0 spiro atoms. The van der Waals surface area contributed by atoms with Gasteiger partial charge in [-0.15, -0.1) is 0 Å². The Bertz CT molecular complexity index is 1230. The van der Waals surface area contributed by atoms with Crippen LogP contribution in [-0.4, -0.2) is 36.2 Å². The number of anilines is 1. The number of alkyl carbamates (subject to hydrolysis) is 1. The predicted octanol–water partition coefficient (Wildman–Crippen LogP) is 4.53. The lowest BCUT2D eigenvalue weighted by Crippen LogP contribution is -2.29. The van der Waals surface area contributed by atoms with Crippen molar-refractivity contribution >= 4 is 23.7 Å². The minimum atomic E-state index is -1.79. The third kappa shape index (κ3) is 4.59. The van der Waals surface area contributed by atoms with Crippen LogP contribution in [0.4, 0.5) is 19.3 Å². The topological polar surface area (TPSA) is 105 Å². The van der Waals surface area contributed by atoms with E-state index in [4.69, 9.17) is 9.84 Å². The van der Waals surface area contributed by atoms with Crippen LogP contribution in [0.2, 0.25) is 0 Å². The second-order valence-corrected chi connectivity index (χ2v) is 7.64. The first-order valence-corrected chi connectivity index (χ1v) is 10.5. The molecule has 3 aromatic carbocycles. The van der Waals surface area contributed by atoms with E-state index in [9.17, 15) is 23.2 Å². The van der Waals surface area contributed by atoms with Crippen LogP contribution in [0.15, 0.2) is 60.7 Å². The number of carbonyl (C=O) groups is 3. The number of hydrogen-bond acceptors (Lipinski definition) is 4. The summed E-state index contributed by atoms with van der Waals surface area (Å²) in [5.41, 5.74) is 2.71. The zero-order valence-corrected chi connectivity index (χ0v) is 17.8. The molecule has 1 aliphatic rings. The van der Waals surface area contributed by atoms with E-state index in [2.05, 4.69) is 10.6 Å². The third-order valence-corrected chi connectivity index (χ3v) is 5.54. The highest BCUT2D eigenvalue weighted by molar-refractivity contribution is 5.94. The van der Waals surface area contributed by atoms with Gasteiger partial charge in [0.15, 0.2) is 5.82 Å². The van der Waals surface area contributed by atoms with Crippen molar-refractivity contribution in [3.05, 3.63) is 89.0 Å². The van der Waals surface area contributed by atoms with E-state index in [1.54, 1.807) is 0 Å². The Kier molecular flexibility index (Phi) is 6.53. The van der Waals surface area contributed by atoms with Crippen LogP contribution in [-0.2, 0) is 9.53 Å². The van der Waals surface area contributed by atoms with Gasteiger partial charge in [0.05, 0.1) is 5.69 Å². The van der Waals surface area contributed by atoms with Gasteiger partial charge in [0.25, 0.3) is 0 Å². The molecule has 174 valence electrons. The fourth-order valence-electron chi connectivity index (χ4n) is 3.99. The molecule has 0 aliphatic heterocycles. The molecule has 1 aliphatic carbocycles. The van der Waals surface area contributed by atoms with Crippen LogP contribution in [0.1, 0.15) is 33.8 Å². The summed E-state index contributed by atoms with van der Waals surface area (Å²) in [6.45, 7) is 0.0158. The van der Waals surface area contributed by atoms with Gasteiger partial charge in [-0.25, -0.2) is 18.4 Å². The number of amides is 2. The van der Waals surface area contributed by atoms with E-state index in [-0.39, 0.29) is 25.5 Å². The highest BCUT2D eigenvalue weighted by Gasteiger charge is 2.29. The molecular formula is C25H20F2N2O5. The number of benzene rings is 3. The summed E-state index contributed by atoms with van der Waals surface area (Å²) in [5, 5.41) is 13.5. The smallest absolute Gasteiger partial charge is 0.407 e. The molecule has 3 N–H and O–H groups in total.